The topological polar surface area (TPSA) is 58.2 Å². The molecule has 2 aromatic rings. The second-order valence-electron chi connectivity index (χ2n) is 5.12. The maximum atomic E-state index is 12.5. The predicted molar refractivity (Wildman–Crippen MR) is 85.9 cm³/mol. The van der Waals surface area contributed by atoms with Gasteiger partial charge in [-0.3, -0.25) is 4.72 Å². The molecule has 0 radical (unpaired) electrons. The van der Waals surface area contributed by atoms with E-state index in [0.717, 1.165) is 16.7 Å². The molecule has 0 saturated carbocycles. The summed E-state index contributed by atoms with van der Waals surface area (Å²) in [5, 5.41) is 3.03. The third-order valence-electron chi connectivity index (χ3n) is 3.13. The lowest BCUT2D eigenvalue weighted by atomic mass is 10.2. The van der Waals surface area contributed by atoms with Gasteiger partial charge in [0.25, 0.3) is 10.0 Å². The number of rotatable bonds is 5. The zero-order valence-corrected chi connectivity index (χ0v) is 13.3. The Balaban J connectivity index is 2.37. The van der Waals surface area contributed by atoms with Crippen LogP contribution in [0.1, 0.15) is 16.7 Å². The van der Waals surface area contributed by atoms with Crippen molar-refractivity contribution >= 4 is 15.7 Å². The minimum Gasteiger partial charge on any atom is -0.316 e. The quantitative estimate of drug-likeness (QED) is 0.893. The molecule has 0 saturated heterocycles. The molecule has 4 nitrogen and oxygen atoms in total. The fraction of sp³-hybridized carbons (Fsp3) is 0.250. The van der Waals surface area contributed by atoms with Gasteiger partial charge in [0.05, 0.1) is 10.6 Å². The van der Waals surface area contributed by atoms with Crippen molar-refractivity contribution in [3.05, 3.63) is 59.2 Å². The molecule has 0 atom stereocenters. The third kappa shape index (κ3) is 3.83. The summed E-state index contributed by atoms with van der Waals surface area (Å²) < 4.78 is 27.7. The molecular formula is C16H20N2O2S. The zero-order chi connectivity index (χ0) is 15.5. The molecule has 2 aromatic carbocycles. The first-order valence-electron chi connectivity index (χ1n) is 6.76. The molecule has 0 aliphatic rings. The molecule has 0 aliphatic carbocycles. The summed E-state index contributed by atoms with van der Waals surface area (Å²) >= 11 is 0. The number of aryl methyl sites for hydroxylation is 2. The van der Waals surface area contributed by atoms with Crippen LogP contribution in [0.5, 0.6) is 0 Å². The van der Waals surface area contributed by atoms with Crippen LogP contribution in [0.4, 0.5) is 5.69 Å². The van der Waals surface area contributed by atoms with Crippen molar-refractivity contribution in [2.45, 2.75) is 25.3 Å². The Bertz CT molecular complexity index is 719. The van der Waals surface area contributed by atoms with E-state index in [2.05, 4.69) is 10.0 Å². The highest BCUT2D eigenvalue weighted by molar-refractivity contribution is 7.92. The van der Waals surface area contributed by atoms with E-state index in [1.165, 1.54) is 0 Å². The van der Waals surface area contributed by atoms with Gasteiger partial charge in [-0.25, -0.2) is 8.42 Å². The van der Waals surface area contributed by atoms with Gasteiger partial charge in [-0.1, -0.05) is 24.3 Å². The van der Waals surface area contributed by atoms with Crippen molar-refractivity contribution in [1.29, 1.82) is 0 Å². The van der Waals surface area contributed by atoms with Gasteiger partial charge in [-0.05, 0) is 55.8 Å². The first-order chi connectivity index (χ1) is 9.92. The molecule has 0 aromatic heterocycles. The van der Waals surface area contributed by atoms with Crippen molar-refractivity contribution in [2.75, 3.05) is 11.8 Å². The van der Waals surface area contributed by atoms with E-state index in [-0.39, 0.29) is 0 Å². The number of benzene rings is 2. The molecule has 112 valence electrons. The molecule has 0 unspecified atom stereocenters. The van der Waals surface area contributed by atoms with Crippen molar-refractivity contribution in [2.24, 2.45) is 0 Å². The minimum atomic E-state index is -3.58. The standard InChI is InChI=1S/C16H20N2O2S/c1-12-8-13(2)10-15(9-12)21(19,20)18-16-7-5-4-6-14(16)11-17-3/h4-10,17-18H,11H2,1-3H3. The largest absolute Gasteiger partial charge is 0.316 e. The molecule has 21 heavy (non-hydrogen) atoms. The van der Waals surface area contributed by atoms with Crippen LogP contribution >= 0.6 is 0 Å². The fourth-order valence-corrected chi connectivity index (χ4v) is 3.54. The van der Waals surface area contributed by atoms with Gasteiger partial charge in [0.1, 0.15) is 0 Å². The lowest BCUT2D eigenvalue weighted by molar-refractivity contribution is 0.601. The van der Waals surface area contributed by atoms with Crippen LogP contribution in [-0.2, 0) is 16.6 Å². The smallest absolute Gasteiger partial charge is 0.261 e. The Kier molecular flexibility index (Phi) is 4.65. The van der Waals surface area contributed by atoms with E-state index < -0.39 is 10.0 Å². The van der Waals surface area contributed by atoms with Gasteiger partial charge in [0.15, 0.2) is 0 Å². The van der Waals surface area contributed by atoms with Gasteiger partial charge in [0.2, 0.25) is 0 Å². The highest BCUT2D eigenvalue weighted by Crippen LogP contribution is 2.21. The maximum Gasteiger partial charge on any atom is 0.261 e. The van der Waals surface area contributed by atoms with Crippen molar-refractivity contribution < 1.29 is 8.42 Å². The summed E-state index contributed by atoms with van der Waals surface area (Å²) in [6.45, 7) is 4.38. The molecule has 2 N–H and O–H groups in total. The zero-order valence-electron chi connectivity index (χ0n) is 12.5. The van der Waals surface area contributed by atoms with Crippen LogP contribution in [0.3, 0.4) is 0 Å². The number of sulfonamides is 1. The average Bonchev–Trinajstić information content (AvgIpc) is 2.40. The van der Waals surface area contributed by atoms with E-state index >= 15 is 0 Å². The third-order valence-corrected chi connectivity index (χ3v) is 4.48. The van der Waals surface area contributed by atoms with E-state index in [9.17, 15) is 8.42 Å². The molecule has 0 amide bonds. The minimum absolute atomic E-state index is 0.291. The Labute approximate surface area is 126 Å². The number of nitrogens with one attached hydrogen (secondary N) is 2. The second-order valence-corrected chi connectivity index (χ2v) is 6.80. The average molecular weight is 304 g/mol. The summed E-state index contributed by atoms with van der Waals surface area (Å²) in [4.78, 5) is 0.291. The highest BCUT2D eigenvalue weighted by atomic mass is 32.2. The lowest BCUT2D eigenvalue weighted by Gasteiger charge is -2.13. The van der Waals surface area contributed by atoms with Gasteiger partial charge in [-0.2, -0.15) is 0 Å². The summed E-state index contributed by atoms with van der Waals surface area (Å²) in [5.74, 6) is 0. The summed E-state index contributed by atoms with van der Waals surface area (Å²) in [6, 6.07) is 12.7. The normalized spacial score (nSPS) is 11.4. The van der Waals surface area contributed by atoms with Crippen molar-refractivity contribution in [1.82, 2.24) is 5.32 Å². The molecule has 0 bridgehead atoms. The summed E-state index contributed by atoms with van der Waals surface area (Å²) in [6.07, 6.45) is 0. The van der Waals surface area contributed by atoms with Crippen LogP contribution in [0, 0.1) is 13.8 Å². The van der Waals surface area contributed by atoms with Crippen LogP contribution in [0.25, 0.3) is 0 Å². The Morgan fingerprint density at radius 3 is 2.24 bits per heavy atom. The maximum absolute atomic E-state index is 12.5. The lowest BCUT2D eigenvalue weighted by Crippen LogP contribution is -2.16. The van der Waals surface area contributed by atoms with Crippen LogP contribution in [0.2, 0.25) is 0 Å². The summed E-state index contributed by atoms with van der Waals surface area (Å²) in [7, 11) is -1.75. The Hall–Kier alpha value is -1.85. The molecule has 0 heterocycles. The molecule has 5 heteroatoms. The Morgan fingerprint density at radius 2 is 1.62 bits per heavy atom. The molecule has 0 spiro atoms. The van der Waals surface area contributed by atoms with Gasteiger partial charge in [-0.15, -0.1) is 0 Å². The molecular weight excluding hydrogens is 284 g/mol. The summed E-state index contributed by atoms with van der Waals surface area (Å²) in [5.41, 5.74) is 3.37. The van der Waals surface area contributed by atoms with Crippen LogP contribution in [0.15, 0.2) is 47.4 Å². The number of para-hydroxylation sites is 1. The van der Waals surface area contributed by atoms with Gasteiger partial charge in [0, 0.05) is 6.54 Å². The van der Waals surface area contributed by atoms with Crippen LogP contribution < -0.4 is 10.0 Å². The van der Waals surface area contributed by atoms with Crippen molar-refractivity contribution in [3.63, 3.8) is 0 Å². The molecule has 0 fully saturated rings. The first-order valence-corrected chi connectivity index (χ1v) is 8.24. The van der Waals surface area contributed by atoms with Gasteiger partial charge < -0.3 is 5.32 Å². The van der Waals surface area contributed by atoms with Crippen molar-refractivity contribution in [3.8, 4) is 0 Å². The van der Waals surface area contributed by atoms with E-state index in [1.807, 2.05) is 45.2 Å². The number of hydrogen-bond acceptors (Lipinski definition) is 3. The number of hydrogen-bond donors (Lipinski definition) is 2. The van der Waals surface area contributed by atoms with Crippen LogP contribution in [-0.4, -0.2) is 15.5 Å². The number of anilines is 1. The monoisotopic (exact) mass is 304 g/mol. The SMILES string of the molecule is CNCc1ccccc1NS(=O)(=O)c1cc(C)cc(C)c1. The molecule has 2 rings (SSSR count). The second kappa shape index (κ2) is 6.28. The molecule has 0 aliphatic heterocycles. The van der Waals surface area contributed by atoms with Gasteiger partial charge >= 0.3 is 0 Å². The first kappa shape index (κ1) is 15.5. The predicted octanol–water partition coefficient (Wildman–Crippen LogP) is 2.82. The highest BCUT2D eigenvalue weighted by Gasteiger charge is 2.16. The Morgan fingerprint density at radius 1 is 1.00 bits per heavy atom. The van der Waals surface area contributed by atoms with E-state index in [1.54, 1.807) is 18.2 Å². The fourth-order valence-electron chi connectivity index (χ4n) is 2.26. The van der Waals surface area contributed by atoms with E-state index in [0.29, 0.717) is 17.1 Å². The van der Waals surface area contributed by atoms with E-state index in [4.69, 9.17) is 0 Å².